The number of aliphatic hydroxyl groups is 1. The Morgan fingerprint density at radius 1 is 0.679 bits per heavy atom. The molecule has 0 amide bonds. The van der Waals surface area contributed by atoms with Crippen LogP contribution in [0.5, 0.6) is 0 Å². The second-order valence-electron chi connectivity index (χ2n) is 5.80. The fourth-order valence-corrected chi connectivity index (χ4v) is 2.30. The number of hydrogen-bond donors (Lipinski definition) is 1. The molecule has 0 bridgehead atoms. The number of alkyl halides is 8. The van der Waals surface area contributed by atoms with Crippen LogP contribution in [0.2, 0.25) is 0 Å². The van der Waals surface area contributed by atoms with Crippen molar-refractivity contribution in [2.24, 2.45) is 0 Å². The average Bonchev–Trinajstić information content (AvgIpc) is 2.59. The molecule has 0 fully saturated rings. The lowest BCUT2D eigenvalue weighted by Gasteiger charge is -2.35. The van der Waals surface area contributed by atoms with E-state index in [1.54, 1.807) is 0 Å². The van der Waals surface area contributed by atoms with E-state index in [-0.39, 0.29) is 23.8 Å². The standard InChI is InChI=1S/C18H11F9O/c19-14-7-1-11(2-8-14)9-10-15(28,17(23,24)18(25,26)27)12-3-5-13(6-4-12)16(20,21)22/h1-10,28H/b10-9+. The van der Waals surface area contributed by atoms with E-state index in [1.807, 2.05) is 0 Å². The summed E-state index contributed by atoms with van der Waals surface area (Å²) in [5, 5.41) is 10.2. The summed E-state index contributed by atoms with van der Waals surface area (Å²) >= 11 is 0. The van der Waals surface area contributed by atoms with Gasteiger partial charge in [-0.05, 0) is 41.5 Å². The van der Waals surface area contributed by atoms with Gasteiger partial charge in [0.2, 0.25) is 0 Å². The van der Waals surface area contributed by atoms with Gasteiger partial charge in [0.15, 0.2) is 5.60 Å². The normalized spacial score (nSPS) is 15.6. The number of halogens is 9. The van der Waals surface area contributed by atoms with Gasteiger partial charge in [-0.25, -0.2) is 4.39 Å². The maximum absolute atomic E-state index is 14.1. The zero-order chi connectivity index (χ0) is 21.4. The maximum atomic E-state index is 14.1. The first-order valence-corrected chi connectivity index (χ1v) is 7.48. The highest BCUT2D eigenvalue weighted by molar-refractivity contribution is 5.52. The molecule has 0 aliphatic rings. The fraction of sp³-hybridized carbons (Fsp3) is 0.222. The van der Waals surface area contributed by atoms with E-state index in [1.165, 1.54) is 0 Å². The van der Waals surface area contributed by atoms with Gasteiger partial charge in [-0.3, -0.25) is 0 Å². The third-order valence-corrected chi connectivity index (χ3v) is 3.87. The van der Waals surface area contributed by atoms with Crippen LogP contribution in [0.15, 0.2) is 54.6 Å². The van der Waals surface area contributed by atoms with Crippen molar-refractivity contribution in [1.29, 1.82) is 0 Å². The first-order chi connectivity index (χ1) is 12.7. The highest BCUT2D eigenvalue weighted by Gasteiger charge is 2.69. The van der Waals surface area contributed by atoms with E-state index in [4.69, 9.17) is 0 Å². The Balaban J connectivity index is 2.57. The molecular formula is C18H11F9O. The molecule has 0 heterocycles. The molecule has 1 nitrogen and oxygen atoms in total. The minimum atomic E-state index is -6.21. The Bertz CT molecular complexity index is 833. The Hall–Kier alpha value is -2.49. The summed E-state index contributed by atoms with van der Waals surface area (Å²) in [4.78, 5) is 0. The molecule has 2 aromatic carbocycles. The first kappa shape index (κ1) is 21.8. The molecular weight excluding hydrogens is 403 g/mol. The lowest BCUT2D eigenvalue weighted by Crippen LogP contribution is -2.53. The van der Waals surface area contributed by atoms with Crippen LogP contribution in [-0.2, 0) is 11.8 Å². The second-order valence-corrected chi connectivity index (χ2v) is 5.80. The fourth-order valence-electron chi connectivity index (χ4n) is 2.30. The van der Waals surface area contributed by atoms with Crippen LogP contribution in [0, 0.1) is 5.82 Å². The maximum Gasteiger partial charge on any atom is 0.457 e. The predicted molar refractivity (Wildman–Crippen MR) is 81.8 cm³/mol. The molecule has 2 aromatic rings. The van der Waals surface area contributed by atoms with E-state index in [9.17, 15) is 44.6 Å². The van der Waals surface area contributed by atoms with Gasteiger partial charge in [-0.1, -0.05) is 30.3 Å². The molecule has 0 radical (unpaired) electrons. The lowest BCUT2D eigenvalue weighted by molar-refractivity contribution is -0.334. The van der Waals surface area contributed by atoms with Crippen molar-refractivity contribution in [3.63, 3.8) is 0 Å². The average molecular weight is 414 g/mol. The summed E-state index contributed by atoms with van der Waals surface area (Å²) in [5.74, 6) is -6.44. The van der Waals surface area contributed by atoms with Gasteiger partial charge < -0.3 is 5.11 Å². The minimum Gasteiger partial charge on any atom is -0.375 e. The molecule has 0 aliphatic carbocycles. The topological polar surface area (TPSA) is 20.2 Å². The summed E-state index contributed by atoms with van der Waals surface area (Å²) < 4.78 is 117. The monoisotopic (exact) mass is 414 g/mol. The lowest BCUT2D eigenvalue weighted by atomic mass is 9.85. The molecule has 2 rings (SSSR count). The summed E-state index contributed by atoms with van der Waals surface area (Å²) in [6.45, 7) is 0. The molecule has 28 heavy (non-hydrogen) atoms. The van der Waals surface area contributed by atoms with Gasteiger partial charge in [0.25, 0.3) is 0 Å². The van der Waals surface area contributed by atoms with Crippen molar-refractivity contribution in [3.8, 4) is 0 Å². The van der Waals surface area contributed by atoms with Gasteiger partial charge in [0.1, 0.15) is 5.82 Å². The molecule has 0 saturated heterocycles. The van der Waals surface area contributed by atoms with Crippen molar-refractivity contribution >= 4 is 6.08 Å². The Morgan fingerprint density at radius 3 is 1.57 bits per heavy atom. The van der Waals surface area contributed by atoms with E-state index in [2.05, 4.69) is 0 Å². The molecule has 0 aromatic heterocycles. The van der Waals surface area contributed by atoms with Crippen LogP contribution >= 0.6 is 0 Å². The SMILES string of the molecule is OC(/C=C/c1ccc(F)cc1)(c1ccc(C(F)(F)F)cc1)C(F)(F)C(F)(F)F. The van der Waals surface area contributed by atoms with E-state index in [0.717, 1.165) is 24.3 Å². The van der Waals surface area contributed by atoms with Crippen LogP contribution in [-0.4, -0.2) is 17.2 Å². The first-order valence-electron chi connectivity index (χ1n) is 7.48. The van der Waals surface area contributed by atoms with Crippen molar-refractivity contribution in [2.45, 2.75) is 23.9 Å². The Kier molecular flexibility index (Phi) is 5.57. The van der Waals surface area contributed by atoms with Crippen molar-refractivity contribution < 1.29 is 44.6 Å². The highest BCUT2D eigenvalue weighted by atomic mass is 19.4. The van der Waals surface area contributed by atoms with Crippen LogP contribution in [0.3, 0.4) is 0 Å². The minimum absolute atomic E-state index is 0.0234. The van der Waals surface area contributed by atoms with Crippen molar-refractivity contribution in [2.75, 3.05) is 0 Å². The molecule has 0 spiro atoms. The zero-order valence-corrected chi connectivity index (χ0v) is 13.6. The number of hydrogen-bond acceptors (Lipinski definition) is 1. The van der Waals surface area contributed by atoms with Gasteiger partial charge in [0.05, 0.1) is 5.56 Å². The van der Waals surface area contributed by atoms with Crippen LogP contribution in [0.4, 0.5) is 39.5 Å². The summed E-state index contributed by atoms with van der Waals surface area (Å²) in [6.07, 6.45) is -10.3. The smallest absolute Gasteiger partial charge is 0.375 e. The summed E-state index contributed by atoms with van der Waals surface area (Å²) in [5.41, 5.74) is -6.44. The van der Waals surface area contributed by atoms with Gasteiger partial charge in [0, 0.05) is 0 Å². The summed E-state index contributed by atoms with van der Waals surface area (Å²) in [6, 6.07) is 5.11. The van der Waals surface area contributed by atoms with E-state index < -0.39 is 40.8 Å². The van der Waals surface area contributed by atoms with Crippen LogP contribution in [0.25, 0.3) is 6.08 Å². The van der Waals surface area contributed by atoms with Gasteiger partial charge >= 0.3 is 18.3 Å². The molecule has 152 valence electrons. The van der Waals surface area contributed by atoms with Crippen molar-refractivity contribution in [3.05, 3.63) is 77.1 Å². The third kappa shape index (κ3) is 4.16. The van der Waals surface area contributed by atoms with E-state index >= 15 is 0 Å². The summed E-state index contributed by atoms with van der Waals surface area (Å²) in [7, 11) is 0. The zero-order valence-electron chi connectivity index (χ0n) is 13.6. The Labute approximate surface area is 152 Å². The number of rotatable bonds is 4. The quantitative estimate of drug-likeness (QED) is 0.614. The van der Waals surface area contributed by atoms with Gasteiger partial charge in [-0.2, -0.15) is 35.1 Å². The molecule has 0 saturated carbocycles. The van der Waals surface area contributed by atoms with E-state index in [0.29, 0.717) is 18.2 Å². The third-order valence-electron chi connectivity index (χ3n) is 3.87. The van der Waals surface area contributed by atoms with Crippen LogP contribution < -0.4 is 0 Å². The molecule has 1 N–H and O–H groups in total. The molecule has 10 heteroatoms. The highest BCUT2D eigenvalue weighted by Crippen LogP contribution is 2.49. The number of benzene rings is 2. The molecule has 1 atom stereocenters. The Morgan fingerprint density at radius 2 is 1.14 bits per heavy atom. The predicted octanol–water partition coefficient (Wildman–Crippen LogP) is 5.94. The molecule has 0 aliphatic heterocycles. The second kappa shape index (κ2) is 7.16. The van der Waals surface area contributed by atoms with Gasteiger partial charge in [-0.15, -0.1) is 0 Å². The van der Waals surface area contributed by atoms with Crippen LogP contribution in [0.1, 0.15) is 16.7 Å². The largest absolute Gasteiger partial charge is 0.457 e. The molecule has 1 unspecified atom stereocenters. The van der Waals surface area contributed by atoms with Crippen molar-refractivity contribution in [1.82, 2.24) is 0 Å².